The van der Waals surface area contributed by atoms with E-state index < -0.39 is 4.92 Å². The van der Waals surface area contributed by atoms with Gasteiger partial charge in [0.05, 0.1) is 11.5 Å². The van der Waals surface area contributed by atoms with Crippen molar-refractivity contribution in [3.05, 3.63) is 63.2 Å². The molecule has 2 aromatic rings. The molecule has 1 aliphatic rings. The summed E-state index contributed by atoms with van der Waals surface area (Å²) >= 11 is 0. The fraction of sp³-hybridized carbons (Fsp3) is 0.278. The lowest BCUT2D eigenvalue weighted by Crippen LogP contribution is -2.32. The first-order chi connectivity index (χ1) is 11.5. The Balaban J connectivity index is 1.72. The Labute approximate surface area is 140 Å². The molecule has 0 aliphatic carbocycles. The SMILES string of the molecule is Cc1cccc(C)c1NC(=O)CN1CCc2cc([N+](=O)[O-])ccc21. The number of hydrogen-bond acceptors (Lipinski definition) is 4. The summed E-state index contributed by atoms with van der Waals surface area (Å²) in [4.78, 5) is 24.8. The second-order valence-corrected chi connectivity index (χ2v) is 6.06. The van der Waals surface area contributed by atoms with E-state index >= 15 is 0 Å². The van der Waals surface area contributed by atoms with Crippen LogP contribution in [0.5, 0.6) is 0 Å². The number of para-hydroxylation sites is 1. The average molecular weight is 325 g/mol. The first kappa shape index (κ1) is 16.0. The maximum Gasteiger partial charge on any atom is 0.269 e. The molecule has 6 nitrogen and oxygen atoms in total. The molecule has 24 heavy (non-hydrogen) atoms. The van der Waals surface area contributed by atoms with Crippen molar-refractivity contribution < 1.29 is 9.72 Å². The third kappa shape index (κ3) is 3.08. The molecule has 0 aromatic heterocycles. The first-order valence-corrected chi connectivity index (χ1v) is 7.84. The van der Waals surface area contributed by atoms with Crippen LogP contribution >= 0.6 is 0 Å². The molecule has 0 fully saturated rings. The number of fused-ring (bicyclic) bond motifs is 1. The van der Waals surface area contributed by atoms with Gasteiger partial charge in [-0.1, -0.05) is 18.2 Å². The number of amides is 1. The van der Waals surface area contributed by atoms with Gasteiger partial charge in [-0.2, -0.15) is 0 Å². The van der Waals surface area contributed by atoms with Gasteiger partial charge in [-0.25, -0.2) is 0 Å². The largest absolute Gasteiger partial charge is 0.362 e. The molecule has 0 saturated carbocycles. The lowest BCUT2D eigenvalue weighted by Gasteiger charge is -2.19. The van der Waals surface area contributed by atoms with Gasteiger partial charge < -0.3 is 10.2 Å². The van der Waals surface area contributed by atoms with Gasteiger partial charge in [0.15, 0.2) is 0 Å². The van der Waals surface area contributed by atoms with Crippen LogP contribution in [0.2, 0.25) is 0 Å². The molecule has 1 aliphatic heterocycles. The van der Waals surface area contributed by atoms with E-state index in [2.05, 4.69) is 5.32 Å². The van der Waals surface area contributed by atoms with Crippen LogP contribution in [0.4, 0.5) is 17.1 Å². The Morgan fingerprint density at radius 2 is 1.96 bits per heavy atom. The number of nitrogens with zero attached hydrogens (tertiary/aromatic N) is 2. The molecule has 1 N–H and O–H groups in total. The van der Waals surface area contributed by atoms with Crippen LogP contribution in [0.3, 0.4) is 0 Å². The number of aryl methyl sites for hydroxylation is 2. The molecular formula is C18H19N3O3. The standard InChI is InChI=1S/C18H19N3O3/c1-12-4-3-5-13(2)18(12)19-17(22)11-20-9-8-14-10-15(21(23)24)6-7-16(14)20/h3-7,10H,8-9,11H2,1-2H3,(H,19,22). The number of carbonyl (C=O) groups excluding carboxylic acids is 1. The Kier molecular flexibility index (Phi) is 4.20. The second-order valence-electron chi connectivity index (χ2n) is 6.06. The van der Waals surface area contributed by atoms with Gasteiger partial charge in [0.2, 0.25) is 5.91 Å². The minimum atomic E-state index is -0.392. The maximum absolute atomic E-state index is 12.4. The smallest absolute Gasteiger partial charge is 0.269 e. The van der Waals surface area contributed by atoms with Gasteiger partial charge in [-0.3, -0.25) is 14.9 Å². The summed E-state index contributed by atoms with van der Waals surface area (Å²) in [5.74, 6) is -0.0846. The number of non-ortho nitro benzene ring substituents is 1. The predicted octanol–water partition coefficient (Wildman–Crippen LogP) is 3.21. The number of nitro groups is 1. The van der Waals surface area contributed by atoms with Crippen LogP contribution in [0.25, 0.3) is 0 Å². The lowest BCUT2D eigenvalue weighted by molar-refractivity contribution is -0.384. The van der Waals surface area contributed by atoms with Crippen molar-refractivity contribution in [1.82, 2.24) is 0 Å². The summed E-state index contributed by atoms with van der Waals surface area (Å²) in [6, 6.07) is 10.7. The summed E-state index contributed by atoms with van der Waals surface area (Å²) in [7, 11) is 0. The number of nitro benzene ring substituents is 1. The van der Waals surface area contributed by atoms with Gasteiger partial charge in [0, 0.05) is 30.1 Å². The zero-order valence-corrected chi connectivity index (χ0v) is 13.7. The minimum Gasteiger partial charge on any atom is -0.362 e. The van der Waals surface area contributed by atoms with Crippen LogP contribution in [0.15, 0.2) is 36.4 Å². The molecule has 0 unspecified atom stereocenters. The summed E-state index contributed by atoms with van der Waals surface area (Å²) in [5, 5.41) is 13.8. The van der Waals surface area contributed by atoms with Crippen LogP contribution in [-0.2, 0) is 11.2 Å². The minimum absolute atomic E-state index is 0.0846. The van der Waals surface area contributed by atoms with E-state index in [-0.39, 0.29) is 18.1 Å². The number of hydrogen-bond donors (Lipinski definition) is 1. The molecule has 0 spiro atoms. The van der Waals surface area contributed by atoms with Crippen molar-refractivity contribution in [1.29, 1.82) is 0 Å². The third-order valence-corrected chi connectivity index (χ3v) is 4.35. The summed E-state index contributed by atoms with van der Waals surface area (Å²) in [5.41, 5.74) is 4.82. The third-order valence-electron chi connectivity index (χ3n) is 4.35. The number of benzene rings is 2. The molecule has 2 aromatic carbocycles. The van der Waals surface area contributed by atoms with Crippen LogP contribution < -0.4 is 10.2 Å². The molecule has 3 rings (SSSR count). The molecule has 0 radical (unpaired) electrons. The van der Waals surface area contributed by atoms with E-state index in [9.17, 15) is 14.9 Å². The highest BCUT2D eigenvalue weighted by molar-refractivity contribution is 5.95. The van der Waals surface area contributed by atoms with E-state index in [1.165, 1.54) is 6.07 Å². The molecule has 0 bridgehead atoms. The van der Waals surface area contributed by atoms with Crippen molar-refractivity contribution in [3.8, 4) is 0 Å². The van der Waals surface area contributed by atoms with E-state index in [1.54, 1.807) is 12.1 Å². The topological polar surface area (TPSA) is 75.5 Å². The fourth-order valence-electron chi connectivity index (χ4n) is 3.10. The number of rotatable bonds is 4. The highest BCUT2D eigenvalue weighted by Gasteiger charge is 2.23. The first-order valence-electron chi connectivity index (χ1n) is 7.84. The van der Waals surface area contributed by atoms with E-state index in [0.29, 0.717) is 13.0 Å². The van der Waals surface area contributed by atoms with Crippen LogP contribution in [0.1, 0.15) is 16.7 Å². The summed E-state index contributed by atoms with van der Waals surface area (Å²) < 4.78 is 0. The molecule has 0 atom stereocenters. The fourth-order valence-corrected chi connectivity index (χ4v) is 3.10. The molecule has 0 saturated heterocycles. The molecule has 1 heterocycles. The van der Waals surface area contributed by atoms with Gasteiger partial charge in [-0.15, -0.1) is 0 Å². The lowest BCUT2D eigenvalue weighted by atomic mass is 10.1. The normalized spacial score (nSPS) is 12.8. The van der Waals surface area contributed by atoms with Crippen molar-refractivity contribution in [2.24, 2.45) is 0 Å². The maximum atomic E-state index is 12.4. The predicted molar refractivity (Wildman–Crippen MR) is 93.6 cm³/mol. The van der Waals surface area contributed by atoms with Crippen LogP contribution in [-0.4, -0.2) is 23.9 Å². The number of anilines is 2. The Bertz CT molecular complexity index is 797. The molecule has 1 amide bonds. The quantitative estimate of drug-likeness (QED) is 0.692. The van der Waals surface area contributed by atoms with Gasteiger partial charge >= 0.3 is 0 Å². The number of nitrogens with one attached hydrogen (secondary N) is 1. The molecule has 124 valence electrons. The monoisotopic (exact) mass is 325 g/mol. The summed E-state index contributed by atoms with van der Waals surface area (Å²) in [6.45, 7) is 4.86. The molecular weight excluding hydrogens is 306 g/mol. The van der Waals surface area contributed by atoms with E-state index in [4.69, 9.17) is 0 Å². The zero-order chi connectivity index (χ0) is 17.3. The number of carbonyl (C=O) groups is 1. The highest BCUT2D eigenvalue weighted by atomic mass is 16.6. The van der Waals surface area contributed by atoms with Gasteiger partial charge in [0.1, 0.15) is 0 Å². The van der Waals surface area contributed by atoms with E-state index in [0.717, 1.165) is 28.1 Å². The van der Waals surface area contributed by atoms with Crippen molar-refractivity contribution in [3.63, 3.8) is 0 Å². The van der Waals surface area contributed by atoms with E-state index in [1.807, 2.05) is 36.9 Å². The Morgan fingerprint density at radius 1 is 1.25 bits per heavy atom. The molecule has 6 heteroatoms. The Hall–Kier alpha value is -2.89. The highest BCUT2D eigenvalue weighted by Crippen LogP contribution is 2.31. The second kappa shape index (κ2) is 6.31. The van der Waals surface area contributed by atoms with Crippen molar-refractivity contribution >= 4 is 23.0 Å². The summed E-state index contributed by atoms with van der Waals surface area (Å²) in [6.07, 6.45) is 0.716. The Morgan fingerprint density at radius 3 is 2.62 bits per heavy atom. The van der Waals surface area contributed by atoms with Crippen molar-refractivity contribution in [2.75, 3.05) is 23.3 Å². The van der Waals surface area contributed by atoms with Gasteiger partial charge in [-0.05, 0) is 43.0 Å². The van der Waals surface area contributed by atoms with Crippen molar-refractivity contribution in [2.45, 2.75) is 20.3 Å². The van der Waals surface area contributed by atoms with Gasteiger partial charge in [0.25, 0.3) is 5.69 Å². The average Bonchev–Trinajstić information content (AvgIpc) is 2.93. The van der Waals surface area contributed by atoms with Crippen LogP contribution in [0, 0.1) is 24.0 Å². The zero-order valence-electron chi connectivity index (χ0n) is 13.7.